The van der Waals surface area contributed by atoms with Gasteiger partial charge in [0, 0.05) is 17.3 Å². The molecule has 5 heteroatoms. The van der Waals surface area contributed by atoms with Crippen LogP contribution < -0.4 is 16.4 Å². The van der Waals surface area contributed by atoms with E-state index >= 15 is 0 Å². The first-order valence-corrected chi connectivity index (χ1v) is 7.03. The van der Waals surface area contributed by atoms with Crippen LogP contribution in [0.2, 0.25) is 0 Å². The molecule has 4 N–H and O–H groups in total. The maximum Gasteiger partial charge on any atom is 0.248 e. The average Bonchev–Trinajstić information content (AvgIpc) is 2.92. The van der Waals surface area contributed by atoms with Gasteiger partial charge in [0.2, 0.25) is 11.8 Å². The van der Waals surface area contributed by atoms with Gasteiger partial charge >= 0.3 is 0 Å². The summed E-state index contributed by atoms with van der Waals surface area (Å²) in [4.78, 5) is 23.0. The van der Waals surface area contributed by atoms with Gasteiger partial charge in [0.25, 0.3) is 0 Å². The number of nitrogens with one attached hydrogen (secondary N) is 2. The molecule has 0 aromatic heterocycles. The highest BCUT2D eigenvalue weighted by Gasteiger charge is 2.20. The summed E-state index contributed by atoms with van der Waals surface area (Å²) in [5.41, 5.74) is 6.27. The second-order valence-corrected chi connectivity index (χ2v) is 5.30. The van der Waals surface area contributed by atoms with Crippen LogP contribution in [0.3, 0.4) is 0 Å². The third-order valence-corrected chi connectivity index (χ3v) is 3.67. The van der Waals surface area contributed by atoms with Crippen LogP contribution in [-0.2, 0) is 4.79 Å². The molecule has 108 valence electrons. The number of nitrogens with two attached hydrogens (primary N) is 1. The highest BCUT2D eigenvalue weighted by molar-refractivity contribution is 5.96. The van der Waals surface area contributed by atoms with Crippen LogP contribution in [-0.4, -0.2) is 23.9 Å². The number of hydrogen-bond donors (Lipinski definition) is 3. The van der Waals surface area contributed by atoms with Crippen molar-refractivity contribution in [3.8, 4) is 0 Å². The zero-order valence-corrected chi connectivity index (χ0v) is 11.7. The van der Waals surface area contributed by atoms with E-state index in [1.807, 2.05) is 6.92 Å². The van der Waals surface area contributed by atoms with Crippen molar-refractivity contribution in [2.24, 2.45) is 5.73 Å². The molecule has 1 aromatic rings. The van der Waals surface area contributed by atoms with Gasteiger partial charge in [-0.3, -0.25) is 9.59 Å². The van der Waals surface area contributed by atoms with E-state index < -0.39 is 5.91 Å². The molecule has 2 rings (SSSR count). The zero-order valence-electron chi connectivity index (χ0n) is 11.7. The number of benzene rings is 1. The Balaban J connectivity index is 1.87. The molecule has 1 aliphatic rings. The van der Waals surface area contributed by atoms with E-state index in [-0.39, 0.29) is 11.9 Å². The SMILES string of the molecule is C[C@H](NC1CCCC1)C(=O)Nc1ccc(C(N)=O)cc1. The average molecular weight is 275 g/mol. The molecule has 1 fully saturated rings. The highest BCUT2D eigenvalue weighted by Crippen LogP contribution is 2.18. The van der Waals surface area contributed by atoms with Gasteiger partial charge in [0.1, 0.15) is 0 Å². The minimum atomic E-state index is -0.473. The Bertz CT molecular complexity index is 478. The Morgan fingerprint density at radius 3 is 2.35 bits per heavy atom. The summed E-state index contributed by atoms with van der Waals surface area (Å²) in [5, 5.41) is 6.17. The molecule has 1 atom stereocenters. The van der Waals surface area contributed by atoms with E-state index in [4.69, 9.17) is 5.73 Å². The fourth-order valence-electron chi connectivity index (χ4n) is 2.49. The second kappa shape index (κ2) is 6.52. The number of primary amides is 1. The number of carbonyl (C=O) groups excluding carboxylic acids is 2. The number of carbonyl (C=O) groups is 2. The summed E-state index contributed by atoms with van der Waals surface area (Å²) in [6, 6.07) is 6.79. The smallest absolute Gasteiger partial charge is 0.248 e. The van der Waals surface area contributed by atoms with Gasteiger partial charge in [-0.25, -0.2) is 0 Å². The third-order valence-electron chi connectivity index (χ3n) is 3.67. The topological polar surface area (TPSA) is 84.2 Å². The van der Waals surface area contributed by atoms with Crippen molar-refractivity contribution in [3.05, 3.63) is 29.8 Å². The largest absolute Gasteiger partial charge is 0.366 e. The third kappa shape index (κ3) is 3.81. The summed E-state index contributed by atoms with van der Waals surface area (Å²) in [7, 11) is 0. The lowest BCUT2D eigenvalue weighted by molar-refractivity contribution is -0.117. The Morgan fingerprint density at radius 2 is 1.80 bits per heavy atom. The van der Waals surface area contributed by atoms with Crippen molar-refractivity contribution in [2.75, 3.05) is 5.32 Å². The lowest BCUT2D eigenvalue weighted by Gasteiger charge is -2.18. The monoisotopic (exact) mass is 275 g/mol. The standard InChI is InChI=1S/C15H21N3O2/c1-10(17-12-4-2-3-5-12)15(20)18-13-8-6-11(7-9-13)14(16)19/h6-10,12,17H,2-5H2,1H3,(H2,16,19)(H,18,20)/t10-/m0/s1. The normalized spacial score (nSPS) is 16.9. The van der Waals surface area contributed by atoms with E-state index in [1.165, 1.54) is 12.8 Å². The van der Waals surface area contributed by atoms with Gasteiger partial charge < -0.3 is 16.4 Å². The van der Waals surface area contributed by atoms with Crippen LogP contribution in [0.1, 0.15) is 43.0 Å². The van der Waals surface area contributed by atoms with Crippen molar-refractivity contribution >= 4 is 17.5 Å². The zero-order chi connectivity index (χ0) is 14.5. The molecule has 1 aliphatic carbocycles. The number of anilines is 1. The Morgan fingerprint density at radius 1 is 1.20 bits per heavy atom. The molecular weight excluding hydrogens is 254 g/mol. The van der Waals surface area contributed by atoms with E-state index in [1.54, 1.807) is 24.3 Å². The van der Waals surface area contributed by atoms with Crippen LogP contribution in [0.15, 0.2) is 24.3 Å². The molecule has 0 bridgehead atoms. The summed E-state index contributed by atoms with van der Waals surface area (Å²) in [6.07, 6.45) is 4.76. The number of rotatable bonds is 5. The Hall–Kier alpha value is -1.88. The van der Waals surface area contributed by atoms with Gasteiger partial charge in [-0.2, -0.15) is 0 Å². The predicted octanol–water partition coefficient (Wildman–Crippen LogP) is 1.64. The molecule has 0 aliphatic heterocycles. The Labute approximate surface area is 118 Å². The Kier molecular flexibility index (Phi) is 4.74. The fourth-order valence-corrected chi connectivity index (χ4v) is 2.49. The van der Waals surface area contributed by atoms with Gasteiger partial charge in [-0.15, -0.1) is 0 Å². The van der Waals surface area contributed by atoms with E-state index in [9.17, 15) is 9.59 Å². The van der Waals surface area contributed by atoms with Crippen molar-refractivity contribution in [2.45, 2.75) is 44.7 Å². The van der Waals surface area contributed by atoms with Crippen LogP contribution in [0.5, 0.6) is 0 Å². The van der Waals surface area contributed by atoms with Gasteiger partial charge in [-0.1, -0.05) is 12.8 Å². The fraction of sp³-hybridized carbons (Fsp3) is 0.467. The van der Waals surface area contributed by atoms with E-state index in [0.717, 1.165) is 12.8 Å². The van der Waals surface area contributed by atoms with Crippen LogP contribution in [0, 0.1) is 0 Å². The van der Waals surface area contributed by atoms with Gasteiger partial charge in [0.15, 0.2) is 0 Å². The summed E-state index contributed by atoms with van der Waals surface area (Å²) < 4.78 is 0. The molecule has 0 saturated heterocycles. The molecule has 0 unspecified atom stereocenters. The maximum atomic E-state index is 12.1. The summed E-state index contributed by atoms with van der Waals surface area (Å²) in [6.45, 7) is 1.87. The first-order valence-electron chi connectivity index (χ1n) is 7.03. The molecule has 1 aromatic carbocycles. The number of amides is 2. The second-order valence-electron chi connectivity index (χ2n) is 5.30. The quantitative estimate of drug-likeness (QED) is 0.764. The highest BCUT2D eigenvalue weighted by atomic mass is 16.2. The molecule has 0 heterocycles. The molecular formula is C15H21N3O2. The molecule has 5 nitrogen and oxygen atoms in total. The van der Waals surface area contributed by atoms with Crippen molar-refractivity contribution in [1.29, 1.82) is 0 Å². The first-order chi connectivity index (χ1) is 9.56. The summed E-state index contributed by atoms with van der Waals surface area (Å²) >= 11 is 0. The van der Waals surface area contributed by atoms with E-state index in [0.29, 0.717) is 17.3 Å². The molecule has 0 spiro atoms. The van der Waals surface area contributed by atoms with Gasteiger partial charge in [0.05, 0.1) is 6.04 Å². The maximum absolute atomic E-state index is 12.1. The van der Waals surface area contributed by atoms with Crippen molar-refractivity contribution in [1.82, 2.24) is 5.32 Å². The minimum Gasteiger partial charge on any atom is -0.366 e. The minimum absolute atomic E-state index is 0.0660. The summed E-state index contributed by atoms with van der Waals surface area (Å²) in [5.74, 6) is -0.539. The first kappa shape index (κ1) is 14.5. The molecule has 1 saturated carbocycles. The van der Waals surface area contributed by atoms with Crippen LogP contribution >= 0.6 is 0 Å². The van der Waals surface area contributed by atoms with Crippen LogP contribution in [0.4, 0.5) is 5.69 Å². The lowest BCUT2D eigenvalue weighted by Crippen LogP contribution is -2.42. The number of hydrogen-bond acceptors (Lipinski definition) is 3. The molecule has 20 heavy (non-hydrogen) atoms. The van der Waals surface area contributed by atoms with Gasteiger partial charge in [-0.05, 0) is 44.0 Å². The molecule has 0 radical (unpaired) electrons. The van der Waals surface area contributed by atoms with Crippen molar-refractivity contribution in [3.63, 3.8) is 0 Å². The predicted molar refractivity (Wildman–Crippen MR) is 78.4 cm³/mol. The van der Waals surface area contributed by atoms with Crippen molar-refractivity contribution < 1.29 is 9.59 Å². The lowest BCUT2D eigenvalue weighted by atomic mass is 10.2. The van der Waals surface area contributed by atoms with E-state index in [2.05, 4.69) is 10.6 Å². The molecule has 2 amide bonds. The van der Waals surface area contributed by atoms with Crippen LogP contribution in [0.25, 0.3) is 0 Å².